The van der Waals surface area contributed by atoms with Crippen LogP contribution >= 0.6 is 0 Å². The minimum Gasteiger partial charge on any atom is -0.394 e. The molecule has 5 aliphatic heterocycles. The Bertz CT molecular complexity index is 1530. The number of hydrogen-bond acceptors (Lipinski definition) is 16. The first kappa shape index (κ1) is 45.5. The van der Waals surface area contributed by atoms with Gasteiger partial charge in [0, 0.05) is 12.3 Å². The first-order chi connectivity index (χ1) is 28.9. The van der Waals surface area contributed by atoms with Gasteiger partial charge in [-0.15, -0.1) is 0 Å². The number of fused-ring (bicyclic) bond motifs is 7. The molecule has 16 heteroatoms. The topological polar surface area (TPSA) is 236 Å². The zero-order valence-corrected chi connectivity index (χ0v) is 36.7. The van der Waals surface area contributed by atoms with Crippen LogP contribution in [0, 0.1) is 52.3 Å². The summed E-state index contributed by atoms with van der Waals surface area (Å²) in [6.07, 6.45) is -11.0. The summed E-state index contributed by atoms with van der Waals surface area (Å²) < 4.78 is 50.3. The van der Waals surface area contributed by atoms with Gasteiger partial charge in [-0.1, -0.05) is 27.7 Å². The molecule has 0 unspecified atom stereocenters. The quantitative estimate of drug-likeness (QED) is 0.169. The van der Waals surface area contributed by atoms with Crippen molar-refractivity contribution in [3.63, 3.8) is 0 Å². The van der Waals surface area contributed by atoms with E-state index in [9.17, 15) is 40.9 Å². The second kappa shape index (κ2) is 16.9. The fourth-order valence-electron chi connectivity index (χ4n) is 14.6. The van der Waals surface area contributed by atoms with Gasteiger partial charge < -0.3 is 78.7 Å². The van der Waals surface area contributed by atoms with E-state index in [1.807, 2.05) is 0 Å². The maximum absolute atomic E-state index is 12.0. The number of ether oxygens (including phenoxy) is 8. The van der Waals surface area contributed by atoms with Crippen LogP contribution in [0.1, 0.15) is 106 Å². The molecule has 5 saturated heterocycles. The van der Waals surface area contributed by atoms with Gasteiger partial charge in [-0.3, -0.25) is 0 Å². The number of rotatable bonds is 7. The summed E-state index contributed by atoms with van der Waals surface area (Å²) in [6.45, 7) is 12.9. The molecular weight excluding hydrogens is 796 g/mol. The van der Waals surface area contributed by atoms with E-state index >= 15 is 0 Å². The molecular formula is C45H74O16. The van der Waals surface area contributed by atoms with Crippen LogP contribution in [0.3, 0.4) is 0 Å². The van der Waals surface area contributed by atoms with Crippen LogP contribution in [0.4, 0.5) is 0 Å². The van der Waals surface area contributed by atoms with Crippen molar-refractivity contribution in [1.29, 1.82) is 0 Å². The molecule has 9 aliphatic rings. The Morgan fingerprint density at radius 3 is 1.85 bits per heavy atom. The molecule has 5 heterocycles. The average molecular weight is 871 g/mol. The molecule has 0 amide bonds. The van der Waals surface area contributed by atoms with Crippen LogP contribution in [0.5, 0.6) is 0 Å². The second-order valence-electron chi connectivity index (χ2n) is 21.5. The highest BCUT2D eigenvalue weighted by Crippen LogP contribution is 2.71. The highest BCUT2D eigenvalue weighted by Gasteiger charge is 2.69. The molecule has 27 atom stereocenters. The van der Waals surface area contributed by atoms with Gasteiger partial charge in [0.15, 0.2) is 24.7 Å². The van der Waals surface area contributed by atoms with E-state index in [4.69, 9.17) is 37.9 Å². The van der Waals surface area contributed by atoms with Crippen molar-refractivity contribution in [3.05, 3.63) is 0 Å². The van der Waals surface area contributed by atoms with Gasteiger partial charge in [0.1, 0.15) is 61.0 Å². The zero-order valence-electron chi connectivity index (χ0n) is 36.7. The Labute approximate surface area is 359 Å². The molecule has 0 bridgehead atoms. The SMILES string of the molecule is C[C@@H]1CC[C@@]2(OC1)O[C@@H]1C[C@@H]3[C@@H]4CC[C@H]5C[C@H](O[C@@H]6O[C@H](CO)[C@@H](O[C@@H]7O[C@H](C)[C@@H](O)[C@H](O)[C@@H]7O)[C@H](O)[C@H]6O[C@@H]6O[C@@H](C)[C@H](O)[C@@H](O)[C@H]6O)CC[C@]5(C)[C@H]4CC[C@]3(C)[C@@H]1[C@@H]2C. The molecule has 0 aromatic heterocycles. The van der Waals surface area contributed by atoms with Crippen LogP contribution < -0.4 is 0 Å². The number of hydrogen-bond donors (Lipinski definition) is 8. The van der Waals surface area contributed by atoms with Crippen LogP contribution in [0.2, 0.25) is 0 Å². The normalized spacial score (nSPS) is 59.7. The molecule has 4 aliphatic carbocycles. The third kappa shape index (κ3) is 7.50. The lowest BCUT2D eigenvalue weighted by atomic mass is 9.44. The number of aliphatic hydroxyl groups excluding tert-OH is 8. The standard InChI is InChI=1S/C45H74O16/c1-19-9-14-45(54-18-19)20(2)30-28(61-45)16-27-25-8-7-23-15-24(10-12-43(23,5)26(25)11-13-44(27,30)6)57-42-39(60-41-36(52)34(50)32(48)22(4)56-41)37(53)38(29(17-46)58-42)59-40-35(51)33(49)31(47)21(3)55-40/h19-42,46-53H,7-18H2,1-6H3/t19-,20+,21-,22+,23+,24-,25-,26+,27-,28-,29-,30-,31-,32+,33+,34-,35+,36-,37+,38-,39-,40+,41+,42-,43+,44+,45-/m1/s1. The molecule has 350 valence electrons. The zero-order chi connectivity index (χ0) is 43.5. The molecule has 1 spiro atoms. The van der Waals surface area contributed by atoms with Crippen molar-refractivity contribution in [1.82, 2.24) is 0 Å². The largest absolute Gasteiger partial charge is 0.394 e. The van der Waals surface area contributed by atoms with E-state index < -0.39 is 105 Å². The van der Waals surface area contributed by atoms with Crippen molar-refractivity contribution < 1.29 is 78.7 Å². The maximum Gasteiger partial charge on any atom is 0.187 e. The van der Waals surface area contributed by atoms with E-state index in [-0.39, 0.29) is 23.0 Å². The highest BCUT2D eigenvalue weighted by atomic mass is 16.8. The lowest BCUT2D eigenvalue weighted by Gasteiger charge is -2.61. The molecule has 0 aromatic rings. The Morgan fingerprint density at radius 1 is 0.590 bits per heavy atom. The smallest absolute Gasteiger partial charge is 0.187 e. The average Bonchev–Trinajstić information content (AvgIpc) is 3.69. The molecule has 8 N–H and O–H groups in total. The highest BCUT2D eigenvalue weighted by molar-refractivity contribution is 5.15. The van der Waals surface area contributed by atoms with Crippen LogP contribution in [0.25, 0.3) is 0 Å². The van der Waals surface area contributed by atoms with E-state index in [0.717, 1.165) is 58.0 Å². The summed E-state index contributed by atoms with van der Waals surface area (Å²) in [5.74, 6) is 3.27. The van der Waals surface area contributed by atoms with Gasteiger partial charge in [0.2, 0.25) is 0 Å². The fourth-order valence-corrected chi connectivity index (χ4v) is 14.6. The maximum atomic E-state index is 12.0. The third-order valence-corrected chi connectivity index (χ3v) is 18.2. The lowest BCUT2D eigenvalue weighted by Crippen LogP contribution is -2.66. The van der Waals surface area contributed by atoms with E-state index in [1.54, 1.807) is 0 Å². The lowest BCUT2D eigenvalue weighted by molar-refractivity contribution is -0.389. The van der Waals surface area contributed by atoms with Crippen molar-refractivity contribution in [2.45, 2.75) is 216 Å². The molecule has 9 fully saturated rings. The van der Waals surface area contributed by atoms with E-state index in [2.05, 4.69) is 27.7 Å². The summed E-state index contributed by atoms with van der Waals surface area (Å²) in [5, 5.41) is 85.9. The molecule has 4 saturated carbocycles. The Morgan fingerprint density at radius 2 is 1.23 bits per heavy atom. The predicted octanol–water partition coefficient (Wildman–Crippen LogP) is 1.32. The number of aliphatic hydroxyl groups is 8. The van der Waals surface area contributed by atoms with Crippen LogP contribution in [-0.4, -0.2) is 164 Å². The molecule has 61 heavy (non-hydrogen) atoms. The van der Waals surface area contributed by atoms with Crippen molar-refractivity contribution >= 4 is 0 Å². The van der Waals surface area contributed by atoms with E-state index in [1.165, 1.54) is 26.7 Å². The summed E-state index contributed by atoms with van der Waals surface area (Å²) >= 11 is 0. The Hall–Kier alpha value is -0.640. The Balaban J connectivity index is 0.897. The predicted molar refractivity (Wildman–Crippen MR) is 213 cm³/mol. The molecule has 0 aromatic carbocycles. The van der Waals surface area contributed by atoms with Crippen LogP contribution in [-0.2, 0) is 37.9 Å². The van der Waals surface area contributed by atoms with E-state index in [0.29, 0.717) is 41.4 Å². The molecule has 16 nitrogen and oxygen atoms in total. The summed E-state index contributed by atoms with van der Waals surface area (Å²) in [7, 11) is 0. The van der Waals surface area contributed by atoms with Crippen LogP contribution in [0.15, 0.2) is 0 Å². The van der Waals surface area contributed by atoms with Gasteiger partial charge in [-0.2, -0.15) is 0 Å². The van der Waals surface area contributed by atoms with Crippen molar-refractivity contribution in [2.75, 3.05) is 13.2 Å². The summed E-state index contributed by atoms with van der Waals surface area (Å²) in [4.78, 5) is 0. The first-order valence-electron chi connectivity index (χ1n) is 23.5. The third-order valence-electron chi connectivity index (χ3n) is 18.2. The first-order valence-corrected chi connectivity index (χ1v) is 23.5. The summed E-state index contributed by atoms with van der Waals surface area (Å²) in [6, 6.07) is 0. The van der Waals surface area contributed by atoms with Gasteiger partial charge in [0.05, 0.1) is 37.6 Å². The van der Waals surface area contributed by atoms with Gasteiger partial charge in [-0.25, -0.2) is 0 Å². The van der Waals surface area contributed by atoms with Crippen molar-refractivity contribution in [3.8, 4) is 0 Å². The van der Waals surface area contributed by atoms with Crippen molar-refractivity contribution in [2.24, 2.45) is 52.3 Å². The Kier molecular flexibility index (Phi) is 12.6. The van der Waals surface area contributed by atoms with Gasteiger partial charge >= 0.3 is 0 Å². The van der Waals surface area contributed by atoms with Gasteiger partial charge in [-0.05, 0) is 118 Å². The fraction of sp³-hybridized carbons (Fsp3) is 1.00. The minimum absolute atomic E-state index is 0.122. The molecule has 9 rings (SSSR count). The van der Waals surface area contributed by atoms with Gasteiger partial charge in [0.25, 0.3) is 0 Å². The minimum atomic E-state index is -1.70. The molecule has 0 radical (unpaired) electrons. The second-order valence-corrected chi connectivity index (χ2v) is 21.5. The summed E-state index contributed by atoms with van der Waals surface area (Å²) in [5.41, 5.74) is 0.350. The monoisotopic (exact) mass is 870 g/mol.